The van der Waals surface area contributed by atoms with Crippen molar-refractivity contribution < 1.29 is 9.53 Å². The highest BCUT2D eigenvalue weighted by molar-refractivity contribution is 5.84. The van der Waals surface area contributed by atoms with Crippen LogP contribution in [0.3, 0.4) is 0 Å². The molecule has 0 aliphatic carbocycles. The summed E-state index contributed by atoms with van der Waals surface area (Å²) in [4.78, 5) is 17.6. The van der Waals surface area contributed by atoms with Gasteiger partial charge in [0.15, 0.2) is 5.96 Å². The lowest BCUT2D eigenvalue weighted by atomic mass is 10.1. The highest BCUT2D eigenvalue weighted by Gasteiger charge is 2.22. The molecule has 1 unspecified atom stereocenters. The number of para-hydroxylation sites is 1. The van der Waals surface area contributed by atoms with Crippen molar-refractivity contribution in [3.8, 4) is 5.75 Å². The zero-order valence-corrected chi connectivity index (χ0v) is 14.6. The number of ether oxygens (including phenoxy) is 1. The van der Waals surface area contributed by atoms with Crippen LogP contribution in [-0.4, -0.2) is 56.6 Å². The van der Waals surface area contributed by atoms with E-state index in [4.69, 9.17) is 4.74 Å². The predicted octanol–water partition coefficient (Wildman–Crippen LogP) is 1.19. The lowest BCUT2D eigenvalue weighted by Gasteiger charge is -2.16. The smallest absolute Gasteiger partial charge is 0.243 e. The first-order chi connectivity index (χ1) is 11.5. The van der Waals surface area contributed by atoms with Gasteiger partial charge >= 0.3 is 0 Å². The predicted molar refractivity (Wildman–Crippen MR) is 96.4 cm³/mol. The largest absolute Gasteiger partial charge is 0.488 e. The summed E-state index contributed by atoms with van der Waals surface area (Å²) in [6.45, 7) is 7.13. The first-order valence-electron chi connectivity index (χ1n) is 8.07. The summed E-state index contributed by atoms with van der Waals surface area (Å²) in [7, 11) is 3.44. The number of hydrogen-bond donors (Lipinski definition) is 2. The third kappa shape index (κ3) is 5.30. The van der Waals surface area contributed by atoms with Crippen LogP contribution in [0.15, 0.2) is 41.4 Å². The highest BCUT2D eigenvalue weighted by atomic mass is 16.5. The van der Waals surface area contributed by atoms with Crippen molar-refractivity contribution in [3.63, 3.8) is 0 Å². The first kappa shape index (κ1) is 17.8. The summed E-state index contributed by atoms with van der Waals surface area (Å²) < 4.78 is 5.91. The molecule has 0 aromatic heterocycles. The van der Waals surface area contributed by atoms with Gasteiger partial charge in [-0.3, -0.25) is 4.79 Å². The Balaban J connectivity index is 1.89. The number of carbonyl (C=O) groups excluding carboxylic acids is 1. The van der Waals surface area contributed by atoms with Crippen LogP contribution in [0.5, 0.6) is 5.75 Å². The van der Waals surface area contributed by atoms with E-state index in [1.165, 1.54) is 10.5 Å². The first-order valence-corrected chi connectivity index (χ1v) is 8.07. The molecule has 0 fully saturated rings. The molecule has 24 heavy (non-hydrogen) atoms. The van der Waals surface area contributed by atoms with Crippen molar-refractivity contribution in [2.45, 2.75) is 19.4 Å². The van der Waals surface area contributed by atoms with Crippen molar-refractivity contribution in [2.24, 2.45) is 4.99 Å². The van der Waals surface area contributed by atoms with Gasteiger partial charge < -0.3 is 20.3 Å². The normalized spacial score (nSPS) is 16.1. The van der Waals surface area contributed by atoms with Crippen molar-refractivity contribution in [1.29, 1.82) is 0 Å². The van der Waals surface area contributed by atoms with E-state index in [2.05, 4.69) is 28.3 Å². The van der Waals surface area contributed by atoms with Crippen LogP contribution in [-0.2, 0) is 11.2 Å². The van der Waals surface area contributed by atoms with E-state index < -0.39 is 0 Å². The molecule has 1 aliphatic rings. The van der Waals surface area contributed by atoms with Gasteiger partial charge in [0, 0.05) is 27.1 Å². The van der Waals surface area contributed by atoms with E-state index in [1.54, 1.807) is 14.1 Å². The summed E-state index contributed by atoms with van der Waals surface area (Å²) in [5.41, 5.74) is 2.22. The molecule has 6 nitrogen and oxygen atoms in total. The maximum atomic E-state index is 11.7. The Labute approximate surface area is 143 Å². The minimum atomic E-state index is -0.0454. The summed E-state index contributed by atoms with van der Waals surface area (Å²) >= 11 is 0. The van der Waals surface area contributed by atoms with Gasteiger partial charge in [-0.2, -0.15) is 0 Å². The number of amides is 1. The molecule has 0 saturated carbocycles. The van der Waals surface area contributed by atoms with Crippen LogP contribution in [0.25, 0.3) is 0 Å². The third-order valence-corrected chi connectivity index (χ3v) is 3.64. The quantitative estimate of drug-likeness (QED) is 0.467. The Bertz CT molecular complexity index is 600. The molecule has 6 heteroatoms. The maximum absolute atomic E-state index is 11.7. The number of guanidine groups is 1. The molecule has 1 amide bonds. The van der Waals surface area contributed by atoms with Gasteiger partial charge in [0.05, 0.1) is 6.54 Å². The Morgan fingerprint density at radius 2 is 2.12 bits per heavy atom. The lowest BCUT2D eigenvalue weighted by molar-refractivity contribution is -0.127. The molecular formula is C18H26N4O2. The molecule has 1 heterocycles. The number of hydrogen-bond acceptors (Lipinski definition) is 3. The fraction of sp³-hybridized carbons (Fsp3) is 0.444. The van der Waals surface area contributed by atoms with Gasteiger partial charge in [-0.1, -0.05) is 30.4 Å². The van der Waals surface area contributed by atoms with E-state index in [-0.39, 0.29) is 18.6 Å². The van der Waals surface area contributed by atoms with Crippen LogP contribution >= 0.6 is 0 Å². The number of nitrogens with zero attached hydrogens (tertiary/aromatic N) is 2. The number of nitrogens with one attached hydrogen (secondary N) is 2. The third-order valence-electron chi connectivity index (χ3n) is 3.64. The Hall–Kier alpha value is -2.50. The molecule has 1 atom stereocenters. The Morgan fingerprint density at radius 1 is 1.38 bits per heavy atom. The molecule has 0 spiro atoms. The number of rotatable bonds is 6. The zero-order chi connectivity index (χ0) is 17.5. The fourth-order valence-electron chi connectivity index (χ4n) is 2.28. The molecule has 2 rings (SSSR count). The van der Waals surface area contributed by atoms with E-state index in [9.17, 15) is 4.79 Å². The summed E-state index contributed by atoms with van der Waals surface area (Å²) in [6, 6.07) is 8.06. The van der Waals surface area contributed by atoms with Crippen LogP contribution in [0.1, 0.15) is 12.5 Å². The Kier molecular flexibility index (Phi) is 6.23. The van der Waals surface area contributed by atoms with Gasteiger partial charge in [-0.25, -0.2) is 4.99 Å². The summed E-state index contributed by atoms with van der Waals surface area (Å²) in [6.07, 6.45) is 0.928. The molecule has 1 aromatic carbocycles. The second-order valence-electron chi connectivity index (χ2n) is 6.20. The second-order valence-corrected chi connectivity index (χ2v) is 6.20. The van der Waals surface area contributed by atoms with E-state index >= 15 is 0 Å². The van der Waals surface area contributed by atoms with Gasteiger partial charge in [0.1, 0.15) is 18.4 Å². The van der Waals surface area contributed by atoms with Crippen LogP contribution < -0.4 is 15.4 Å². The topological polar surface area (TPSA) is 66.0 Å². The maximum Gasteiger partial charge on any atom is 0.243 e. The van der Waals surface area contributed by atoms with E-state index in [0.717, 1.165) is 17.7 Å². The fourth-order valence-corrected chi connectivity index (χ4v) is 2.28. The molecule has 0 bridgehead atoms. The highest BCUT2D eigenvalue weighted by Crippen LogP contribution is 2.27. The van der Waals surface area contributed by atoms with Gasteiger partial charge in [-0.05, 0) is 18.6 Å². The number of aliphatic imine (C=N–C) groups is 1. The average Bonchev–Trinajstić information content (AvgIpc) is 2.96. The lowest BCUT2D eigenvalue weighted by Crippen LogP contribution is -2.43. The van der Waals surface area contributed by atoms with Gasteiger partial charge in [0.25, 0.3) is 0 Å². The minimum Gasteiger partial charge on any atom is -0.488 e. The minimum absolute atomic E-state index is 0.0454. The number of likely N-dealkylation sites (N-methyl/N-ethyl adjacent to an activating group) is 1. The molecule has 1 aromatic rings. The van der Waals surface area contributed by atoms with E-state index in [1.807, 2.05) is 25.1 Å². The summed E-state index contributed by atoms with van der Waals surface area (Å²) in [5.74, 6) is 1.49. The molecular weight excluding hydrogens is 304 g/mol. The molecule has 130 valence electrons. The van der Waals surface area contributed by atoms with Crippen molar-refractivity contribution in [1.82, 2.24) is 15.5 Å². The van der Waals surface area contributed by atoms with Crippen LogP contribution in [0.4, 0.5) is 0 Å². The van der Waals surface area contributed by atoms with Crippen LogP contribution in [0.2, 0.25) is 0 Å². The monoisotopic (exact) mass is 330 g/mol. The van der Waals surface area contributed by atoms with Gasteiger partial charge in [0.2, 0.25) is 5.91 Å². The van der Waals surface area contributed by atoms with Crippen molar-refractivity contribution in [3.05, 3.63) is 42.0 Å². The van der Waals surface area contributed by atoms with Crippen LogP contribution in [0, 0.1) is 0 Å². The molecule has 1 aliphatic heterocycles. The average molecular weight is 330 g/mol. The molecule has 2 N–H and O–H groups in total. The van der Waals surface area contributed by atoms with Gasteiger partial charge in [-0.15, -0.1) is 0 Å². The number of fused-ring (bicyclic) bond motifs is 1. The van der Waals surface area contributed by atoms with E-state index in [0.29, 0.717) is 19.0 Å². The summed E-state index contributed by atoms with van der Waals surface area (Å²) in [5, 5.41) is 6.42. The SMILES string of the molecule is C=C(C)CNC(=NCC(=O)N(C)C)NCC1Cc2ccccc2O1. The molecule has 0 saturated heterocycles. The zero-order valence-electron chi connectivity index (χ0n) is 14.6. The second kappa shape index (κ2) is 8.38. The standard InChI is InChI=1S/C18H26N4O2/c1-13(2)10-19-18(21-12-17(23)22(3)4)20-11-15-9-14-7-5-6-8-16(14)24-15/h5-8,15H,1,9-12H2,2-4H3,(H2,19,20,21). The number of carbonyl (C=O) groups is 1. The van der Waals surface area contributed by atoms with Crippen molar-refractivity contribution in [2.75, 3.05) is 33.7 Å². The van der Waals surface area contributed by atoms with Crippen molar-refractivity contribution >= 4 is 11.9 Å². The molecule has 0 radical (unpaired) electrons. The Morgan fingerprint density at radius 3 is 2.79 bits per heavy atom. The number of benzene rings is 1.